The Labute approximate surface area is 90.7 Å². The van der Waals surface area contributed by atoms with Crippen molar-refractivity contribution in [1.29, 1.82) is 5.26 Å². The SMILES string of the molecule is Cc1nn(C(C)C)c(C)c1C1(C#N)CC1. The third-order valence-corrected chi connectivity index (χ3v) is 3.26. The van der Waals surface area contributed by atoms with Gasteiger partial charge in [0.05, 0.1) is 17.2 Å². The topological polar surface area (TPSA) is 41.6 Å². The van der Waals surface area contributed by atoms with Crippen molar-refractivity contribution in [3.05, 3.63) is 17.0 Å². The van der Waals surface area contributed by atoms with Crippen LogP contribution in [0.4, 0.5) is 0 Å². The highest BCUT2D eigenvalue weighted by Crippen LogP contribution is 2.50. The van der Waals surface area contributed by atoms with Gasteiger partial charge in [0.2, 0.25) is 0 Å². The van der Waals surface area contributed by atoms with Gasteiger partial charge < -0.3 is 0 Å². The van der Waals surface area contributed by atoms with Gasteiger partial charge in [-0.2, -0.15) is 10.4 Å². The molecule has 15 heavy (non-hydrogen) atoms. The first-order chi connectivity index (χ1) is 7.02. The highest BCUT2D eigenvalue weighted by molar-refractivity contribution is 5.44. The number of aromatic nitrogens is 2. The van der Waals surface area contributed by atoms with E-state index in [9.17, 15) is 5.26 Å². The molecule has 0 unspecified atom stereocenters. The summed E-state index contributed by atoms with van der Waals surface area (Å²) in [5.41, 5.74) is 3.17. The number of nitriles is 1. The molecule has 0 saturated heterocycles. The molecule has 0 bridgehead atoms. The second-order valence-corrected chi connectivity index (χ2v) is 4.78. The maximum atomic E-state index is 9.22. The van der Waals surface area contributed by atoms with Crippen molar-refractivity contribution in [2.45, 2.75) is 52.0 Å². The van der Waals surface area contributed by atoms with Gasteiger partial charge in [0.25, 0.3) is 0 Å². The summed E-state index contributed by atoms with van der Waals surface area (Å²) in [6, 6.07) is 2.82. The molecule has 1 aromatic rings. The molecule has 2 rings (SSSR count). The second-order valence-electron chi connectivity index (χ2n) is 4.78. The molecule has 0 spiro atoms. The summed E-state index contributed by atoms with van der Waals surface area (Å²) in [6.07, 6.45) is 1.99. The number of rotatable bonds is 2. The van der Waals surface area contributed by atoms with Crippen molar-refractivity contribution >= 4 is 0 Å². The lowest BCUT2D eigenvalue weighted by molar-refractivity contribution is 0.515. The number of nitrogens with zero attached hydrogens (tertiary/aromatic N) is 3. The van der Waals surface area contributed by atoms with Crippen LogP contribution >= 0.6 is 0 Å². The fourth-order valence-electron chi connectivity index (χ4n) is 2.40. The molecular formula is C12H17N3. The molecule has 3 nitrogen and oxygen atoms in total. The van der Waals surface area contributed by atoms with Crippen LogP contribution in [-0.2, 0) is 5.41 Å². The van der Waals surface area contributed by atoms with E-state index in [0.717, 1.165) is 18.5 Å². The van der Waals surface area contributed by atoms with Crippen LogP contribution in [0.15, 0.2) is 0 Å². The standard InChI is InChI=1S/C12H17N3/c1-8(2)15-10(4)11(9(3)14-15)12(7-13)5-6-12/h8H,5-6H2,1-4H3. The summed E-state index contributed by atoms with van der Waals surface area (Å²) < 4.78 is 2.03. The Balaban J connectivity index is 2.54. The highest BCUT2D eigenvalue weighted by Gasteiger charge is 2.48. The first-order valence-corrected chi connectivity index (χ1v) is 5.49. The van der Waals surface area contributed by atoms with E-state index in [0.29, 0.717) is 6.04 Å². The lowest BCUT2D eigenvalue weighted by Gasteiger charge is -2.10. The molecule has 0 radical (unpaired) electrons. The molecule has 0 aromatic carbocycles. The lowest BCUT2D eigenvalue weighted by atomic mass is 9.96. The third kappa shape index (κ3) is 1.36. The minimum atomic E-state index is -0.207. The van der Waals surface area contributed by atoms with Crippen molar-refractivity contribution < 1.29 is 0 Å². The van der Waals surface area contributed by atoms with Crippen molar-refractivity contribution in [3.63, 3.8) is 0 Å². The Morgan fingerprint density at radius 3 is 2.33 bits per heavy atom. The van der Waals surface area contributed by atoms with Crippen molar-refractivity contribution in [2.24, 2.45) is 0 Å². The average molecular weight is 203 g/mol. The van der Waals surface area contributed by atoms with Crippen molar-refractivity contribution in [2.75, 3.05) is 0 Å². The molecular weight excluding hydrogens is 186 g/mol. The van der Waals surface area contributed by atoms with Gasteiger partial charge in [0.1, 0.15) is 0 Å². The summed E-state index contributed by atoms with van der Waals surface area (Å²) in [5.74, 6) is 0. The Morgan fingerprint density at radius 1 is 1.40 bits per heavy atom. The van der Waals surface area contributed by atoms with E-state index in [4.69, 9.17) is 0 Å². The van der Waals surface area contributed by atoms with Gasteiger partial charge in [-0.1, -0.05) is 0 Å². The zero-order chi connectivity index (χ0) is 11.2. The van der Waals surface area contributed by atoms with Crippen LogP contribution in [0.25, 0.3) is 0 Å². The Morgan fingerprint density at radius 2 is 2.00 bits per heavy atom. The summed E-state index contributed by atoms with van der Waals surface area (Å²) >= 11 is 0. The molecule has 1 saturated carbocycles. The molecule has 0 aliphatic heterocycles. The maximum absolute atomic E-state index is 9.22. The van der Waals surface area contributed by atoms with Crippen molar-refractivity contribution in [1.82, 2.24) is 9.78 Å². The van der Waals surface area contributed by atoms with E-state index in [1.165, 1.54) is 11.3 Å². The van der Waals surface area contributed by atoms with Crippen LogP contribution in [0.2, 0.25) is 0 Å². The van der Waals surface area contributed by atoms with Gasteiger partial charge in [0.15, 0.2) is 0 Å². The highest BCUT2D eigenvalue weighted by atomic mass is 15.3. The van der Waals surface area contributed by atoms with E-state index in [1.54, 1.807) is 0 Å². The van der Waals surface area contributed by atoms with Crippen LogP contribution in [0.3, 0.4) is 0 Å². The van der Waals surface area contributed by atoms with Crippen LogP contribution < -0.4 is 0 Å². The molecule has 1 fully saturated rings. The average Bonchev–Trinajstić information content (AvgIpc) is 2.89. The number of aryl methyl sites for hydroxylation is 1. The molecule has 80 valence electrons. The molecule has 1 aliphatic rings. The normalized spacial score (nSPS) is 17.9. The summed E-state index contributed by atoms with van der Waals surface area (Å²) in [6.45, 7) is 8.33. The molecule has 1 aliphatic carbocycles. The molecule has 1 aromatic heterocycles. The van der Waals surface area contributed by atoms with E-state index >= 15 is 0 Å². The van der Waals surface area contributed by atoms with Gasteiger partial charge >= 0.3 is 0 Å². The molecule has 1 heterocycles. The maximum Gasteiger partial charge on any atom is 0.0859 e. The van der Waals surface area contributed by atoms with Crippen LogP contribution in [0.1, 0.15) is 49.7 Å². The molecule has 0 amide bonds. The quantitative estimate of drug-likeness (QED) is 0.741. The predicted octanol–water partition coefficient (Wildman–Crippen LogP) is 2.64. The second kappa shape index (κ2) is 3.10. The van der Waals surface area contributed by atoms with Gasteiger partial charge in [-0.3, -0.25) is 4.68 Å². The minimum absolute atomic E-state index is 0.207. The summed E-state index contributed by atoms with van der Waals surface area (Å²) in [7, 11) is 0. The van der Waals surface area contributed by atoms with E-state index < -0.39 is 0 Å². The van der Waals surface area contributed by atoms with E-state index in [1.807, 2.05) is 11.6 Å². The van der Waals surface area contributed by atoms with Crippen LogP contribution in [0, 0.1) is 25.2 Å². The van der Waals surface area contributed by atoms with E-state index in [-0.39, 0.29) is 5.41 Å². The Bertz CT molecular complexity index is 430. The van der Waals surface area contributed by atoms with Crippen LogP contribution in [-0.4, -0.2) is 9.78 Å². The van der Waals surface area contributed by atoms with Gasteiger partial charge in [-0.25, -0.2) is 0 Å². The number of hydrogen-bond donors (Lipinski definition) is 0. The smallest absolute Gasteiger partial charge is 0.0859 e. The fraction of sp³-hybridized carbons (Fsp3) is 0.667. The van der Waals surface area contributed by atoms with Gasteiger partial charge in [0, 0.05) is 17.3 Å². The largest absolute Gasteiger partial charge is 0.267 e. The van der Waals surface area contributed by atoms with Crippen LogP contribution in [0.5, 0.6) is 0 Å². The fourth-order valence-corrected chi connectivity index (χ4v) is 2.40. The monoisotopic (exact) mass is 203 g/mol. The van der Waals surface area contributed by atoms with Gasteiger partial charge in [-0.05, 0) is 40.5 Å². The lowest BCUT2D eigenvalue weighted by Crippen LogP contribution is -2.08. The summed E-state index contributed by atoms with van der Waals surface area (Å²) in [5, 5.41) is 13.7. The molecule has 0 atom stereocenters. The third-order valence-electron chi connectivity index (χ3n) is 3.26. The zero-order valence-electron chi connectivity index (χ0n) is 9.83. The van der Waals surface area contributed by atoms with Gasteiger partial charge in [-0.15, -0.1) is 0 Å². The zero-order valence-corrected chi connectivity index (χ0v) is 9.83. The molecule has 0 N–H and O–H groups in total. The Kier molecular flexibility index (Phi) is 2.11. The molecule has 3 heteroatoms. The first-order valence-electron chi connectivity index (χ1n) is 5.49. The van der Waals surface area contributed by atoms with E-state index in [2.05, 4.69) is 31.9 Å². The first kappa shape index (κ1) is 10.2. The summed E-state index contributed by atoms with van der Waals surface area (Å²) in [4.78, 5) is 0. The van der Waals surface area contributed by atoms with Crippen molar-refractivity contribution in [3.8, 4) is 6.07 Å². The Hall–Kier alpha value is -1.30. The minimum Gasteiger partial charge on any atom is -0.267 e. The predicted molar refractivity (Wildman–Crippen MR) is 58.6 cm³/mol. The number of hydrogen-bond acceptors (Lipinski definition) is 2.